The van der Waals surface area contributed by atoms with E-state index in [9.17, 15) is 5.11 Å². The Morgan fingerprint density at radius 3 is 2.00 bits per heavy atom. The average Bonchev–Trinajstić information content (AvgIpc) is 3.15. The minimum Gasteiger partial charge on any atom is -0.473 e. The van der Waals surface area contributed by atoms with Crippen molar-refractivity contribution in [3.63, 3.8) is 0 Å². The molecule has 1 saturated carbocycles. The third-order valence-corrected chi connectivity index (χ3v) is 6.34. The molecule has 0 amide bonds. The Bertz CT molecular complexity index is 803. The van der Waals surface area contributed by atoms with E-state index >= 15 is 0 Å². The number of aliphatic carboxylic acids is 2. The van der Waals surface area contributed by atoms with Crippen LogP contribution in [0.15, 0.2) is 53.1 Å². The van der Waals surface area contributed by atoms with Gasteiger partial charge in [-0.3, -0.25) is 0 Å². The Labute approximate surface area is 182 Å². The molecule has 0 spiro atoms. The molecule has 2 bridgehead atoms. The van der Waals surface area contributed by atoms with E-state index in [4.69, 9.17) is 24.2 Å². The van der Waals surface area contributed by atoms with Gasteiger partial charge in [0.25, 0.3) is 0 Å². The molecule has 1 unspecified atom stereocenters. The monoisotopic (exact) mass is 429 g/mol. The Kier molecular flexibility index (Phi) is 7.87. The molecule has 3 fully saturated rings. The number of fused-ring (bicyclic) bond motifs is 4. The number of aliphatic hydroxyl groups is 1. The molecule has 31 heavy (non-hydrogen) atoms. The molecule has 2 saturated heterocycles. The Morgan fingerprint density at radius 2 is 1.52 bits per heavy atom. The van der Waals surface area contributed by atoms with Crippen molar-refractivity contribution in [1.29, 1.82) is 0 Å². The van der Waals surface area contributed by atoms with E-state index in [0.29, 0.717) is 12.2 Å². The first kappa shape index (κ1) is 23.0. The smallest absolute Gasteiger partial charge is 0.414 e. The van der Waals surface area contributed by atoms with Crippen molar-refractivity contribution >= 4 is 11.9 Å². The van der Waals surface area contributed by atoms with Crippen LogP contribution in [0, 0.1) is 11.8 Å². The third kappa shape index (κ3) is 6.67. The summed E-state index contributed by atoms with van der Waals surface area (Å²) in [5.74, 6) is -1.23. The molecular formula is C24H31NO6. The maximum atomic E-state index is 11.5. The zero-order valence-electron chi connectivity index (χ0n) is 17.7. The molecule has 2 aromatic rings. The SMILES string of the molecule is O=C(O)C(=O)O.OC(CCN1CC2CCC(CC2)C1)(Cc1ccccc1)c1ccco1. The largest absolute Gasteiger partial charge is 0.473 e. The number of carboxylic acids is 2. The van der Waals surface area contributed by atoms with Gasteiger partial charge in [-0.25, -0.2) is 9.59 Å². The highest BCUT2D eigenvalue weighted by Gasteiger charge is 2.35. The van der Waals surface area contributed by atoms with Gasteiger partial charge in [0.15, 0.2) is 0 Å². The van der Waals surface area contributed by atoms with Crippen molar-refractivity contribution in [3.05, 3.63) is 60.1 Å². The molecule has 1 aromatic carbocycles. The Hall–Kier alpha value is -2.64. The van der Waals surface area contributed by atoms with E-state index in [2.05, 4.69) is 17.0 Å². The van der Waals surface area contributed by atoms with Gasteiger partial charge in [-0.2, -0.15) is 0 Å². The summed E-state index contributed by atoms with van der Waals surface area (Å²) in [5, 5.41) is 26.2. The van der Waals surface area contributed by atoms with E-state index in [0.717, 1.165) is 30.4 Å². The van der Waals surface area contributed by atoms with Crippen LogP contribution in [0.25, 0.3) is 0 Å². The number of nitrogens with zero attached hydrogens (tertiary/aromatic N) is 1. The van der Waals surface area contributed by atoms with E-state index < -0.39 is 17.5 Å². The lowest BCUT2D eigenvalue weighted by atomic mass is 9.84. The van der Waals surface area contributed by atoms with Crippen molar-refractivity contribution in [1.82, 2.24) is 4.90 Å². The topological polar surface area (TPSA) is 111 Å². The summed E-state index contributed by atoms with van der Waals surface area (Å²) < 4.78 is 5.62. The number of carbonyl (C=O) groups is 2. The standard InChI is InChI=1S/C22H29NO2.C2H2O4/c24-22(21-7-4-14-25-21,15-18-5-2-1-3-6-18)12-13-23-16-19-8-9-20(17-23)11-10-19;3-1(4)2(5)6/h1-7,14,19-20,24H,8-13,15-17H2;(H,3,4)(H,5,6). The van der Waals surface area contributed by atoms with Crippen molar-refractivity contribution in [3.8, 4) is 0 Å². The highest BCUT2D eigenvalue weighted by atomic mass is 16.4. The second-order valence-electron chi connectivity index (χ2n) is 8.68. The highest BCUT2D eigenvalue weighted by Crippen LogP contribution is 2.35. The van der Waals surface area contributed by atoms with Gasteiger partial charge in [0.05, 0.1) is 6.26 Å². The number of carboxylic acid groups (broad SMARTS) is 2. The van der Waals surface area contributed by atoms with Crippen LogP contribution in [0.5, 0.6) is 0 Å². The van der Waals surface area contributed by atoms with E-state index in [-0.39, 0.29) is 0 Å². The van der Waals surface area contributed by atoms with Crippen LogP contribution in [-0.2, 0) is 21.6 Å². The molecule has 1 aliphatic carbocycles. The van der Waals surface area contributed by atoms with Gasteiger partial charge in [0, 0.05) is 26.1 Å². The fourth-order valence-electron chi connectivity index (χ4n) is 4.70. The van der Waals surface area contributed by atoms with Crippen LogP contribution in [0.1, 0.15) is 43.4 Å². The van der Waals surface area contributed by atoms with Gasteiger partial charge in [0.2, 0.25) is 0 Å². The predicted molar refractivity (Wildman–Crippen MR) is 115 cm³/mol. The maximum Gasteiger partial charge on any atom is 0.414 e. The fraction of sp³-hybridized carbons (Fsp3) is 0.500. The first-order chi connectivity index (χ1) is 14.9. The second-order valence-corrected chi connectivity index (χ2v) is 8.68. The van der Waals surface area contributed by atoms with Crippen molar-refractivity contribution in [2.75, 3.05) is 19.6 Å². The fourth-order valence-corrected chi connectivity index (χ4v) is 4.70. The molecule has 1 aromatic heterocycles. The molecule has 5 rings (SSSR count). The molecule has 3 heterocycles. The van der Waals surface area contributed by atoms with Crippen LogP contribution < -0.4 is 0 Å². The number of rotatable bonds is 6. The molecule has 3 N–H and O–H groups in total. The first-order valence-corrected chi connectivity index (χ1v) is 10.8. The van der Waals surface area contributed by atoms with Gasteiger partial charge in [-0.15, -0.1) is 0 Å². The summed E-state index contributed by atoms with van der Waals surface area (Å²) in [6.45, 7) is 3.35. The van der Waals surface area contributed by atoms with Crippen LogP contribution in [0.2, 0.25) is 0 Å². The van der Waals surface area contributed by atoms with Crippen molar-refractivity contribution in [2.24, 2.45) is 11.8 Å². The summed E-state index contributed by atoms with van der Waals surface area (Å²) >= 11 is 0. The lowest BCUT2D eigenvalue weighted by Gasteiger charge is -2.30. The molecule has 2 aliphatic heterocycles. The summed E-state index contributed by atoms with van der Waals surface area (Å²) in [7, 11) is 0. The van der Waals surface area contributed by atoms with Crippen LogP contribution in [-0.4, -0.2) is 51.8 Å². The number of hydrogen-bond donors (Lipinski definition) is 3. The number of hydrogen-bond acceptors (Lipinski definition) is 5. The van der Waals surface area contributed by atoms with Gasteiger partial charge in [-0.1, -0.05) is 30.3 Å². The molecular weight excluding hydrogens is 398 g/mol. The van der Waals surface area contributed by atoms with Crippen LogP contribution in [0.4, 0.5) is 0 Å². The lowest BCUT2D eigenvalue weighted by Crippen LogP contribution is -2.36. The van der Waals surface area contributed by atoms with Gasteiger partial charge in [0.1, 0.15) is 11.4 Å². The number of furan rings is 1. The van der Waals surface area contributed by atoms with Gasteiger partial charge >= 0.3 is 11.9 Å². The van der Waals surface area contributed by atoms with E-state index in [1.807, 2.05) is 30.3 Å². The van der Waals surface area contributed by atoms with Crippen molar-refractivity contribution in [2.45, 2.75) is 44.1 Å². The van der Waals surface area contributed by atoms with E-state index in [1.54, 1.807) is 6.26 Å². The van der Waals surface area contributed by atoms with Gasteiger partial charge < -0.3 is 24.6 Å². The molecule has 168 valence electrons. The second kappa shape index (κ2) is 10.6. The highest BCUT2D eigenvalue weighted by molar-refractivity contribution is 6.27. The quantitative estimate of drug-likeness (QED) is 0.604. The maximum absolute atomic E-state index is 11.5. The Balaban J connectivity index is 0.000000401. The molecule has 7 heteroatoms. The zero-order valence-corrected chi connectivity index (χ0v) is 17.7. The summed E-state index contributed by atoms with van der Waals surface area (Å²) in [6, 6.07) is 14.0. The van der Waals surface area contributed by atoms with Crippen molar-refractivity contribution < 1.29 is 29.3 Å². The Morgan fingerprint density at radius 1 is 0.935 bits per heavy atom. The normalized spacial score (nSPS) is 22.6. The molecule has 3 aliphatic rings. The number of benzene rings is 1. The molecule has 7 nitrogen and oxygen atoms in total. The minimum atomic E-state index is -1.82. The predicted octanol–water partition coefficient (Wildman–Crippen LogP) is 3.38. The van der Waals surface area contributed by atoms with Crippen LogP contribution in [0.3, 0.4) is 0 Å². The molecule has 0 radical (unpaired) electrons. The first-order valence-electron chi connectivity index (χ1n) is 10.8. The zero-order chi connectivity index (χ0) is 22.3. The lowest BCUT2D eigenvalue weighted by molar-refractivity contribution is -0.159. The summed E-state index contributed by atoms with van der Waals surface area (Å²) in [4.78, 5) is 20.8. The van der Waals surface area contributed by atoms with Crippen LogP contribution >= 0.6 is 0 Å². The summed E-state index contributed by atoms with van der Waals surface area (Å²) in [6.07, 6.45) is 8.57. The minimum absolute atomic E-state index is 0.599. The molecule has 1 atom stereocenters. The third-order valence-electron chi connectivity index (χ3n) is 6.34. The average molecular weight is 430 g/mol. The summed E-state index contributed by atoms with van der Waals surface area (Å²) in [5.41, 5.74) is 0.216. The van der Waals surface area contributed by atoms with Gasteiger partial charge in [-0.05, 0) is 61.6 Å². The van der Waals surface area contributed by atoms with E-state index in [1.165, 1.54) is 38.8 Å².